The average molecular weight is 354 g/mol. The second-order valence-corrected chi connectivity index (χ2v) is 11.1. The maximum absolute atomic E-state index is 12.3. The van der Waals surface area contributed by atoms with Gasteiger partial charge in [0.1, 0.15) is 0 Å². The maximum atomic E-state index is 12.3. The topological polar surface area (TPSA) is 86.7 Å². The third kappa shape index (κ3) is 3.49. The molecule has 2 aliphatic rings. The molecular formula is C14H26O6S2. The molecule has 0 N–H and O–H groups in total. The van der Waals surface area contributed by atoms with Crippen molar-refractivity contribution in [1.82, 2.24) is 0 Å². The van der Waals surface area contributed by atoms with E-state index in [1.54, 1.807) is 13.8 Å². The molecule has 8 heteroatoms. The molecule has 2 rings (SSSR count). The van der Waals surface area contributed by atoms with Gasteiger partial charge in [0.15, 0.2) is 0 Å². The van der Waals surface area contributed by atoms with E-state index < -0.39 is 29.7 Å². The normalized spacial score (nSPS) is 25.7. The number of hydrogen-bond donors (Lipinski definition) is 0. The predicted molar refractivity (Wildman–Crippen MR) is 83.0 cm³/mol. The van der Waals surface area contributed by atoms with Crippen molar-refractivity contribution in [3.63, 3.8) is 0 Å². The molecule has 22 heavy (non-hydrogen) atoms. The van der Waals surface area contributed by atoms with Gasteiger partial charge in [-0.1, -0.05) is 47.2 Å². The zero-order valence-electron chi connectivity index (χ0n) is 13.3. The molecule has 0 radical (unpaired) electrons. The molecule has 2 aliphatic carbocycles. The van der Waals surface area contributed by atoms with Crippen LogP contribution in [0.2, 0.25) is 0 Å². The van der Waals surface area contributed by atoms with E-state index in [1.807, 2.05) is 0 Å². The highest BCUT2D eigenvalue weighted by molar-refractivity contribution is 7.90. The van der Waals surface area contributed by atoms with Gasteiger partial charge in [0, 0.05) is 0 Å². The van der Waals surface area contributed by atoms with Gasteiger partial charge < -0.3 is 0 Å². The number of hydrogen-bond acceptors (Lipinski definition) is 6. The smallest absolute Gasteiger partial charge is 0.196 e. The first kappa shape index (κ1) is 18.2. The highest BCUT2D eigenvalue weighted by Gasteiger charge is 2.46. The molecule has 0 aromatic rings. The molecule has 0 amide bonds. The molecule has 2 saturated carbocycles. The molecule has 2 fully saturated rings. The molecule has 0 aliphatic heterocycles. The summed E-state index contributed by atoms with van der Waals surface area (Å²) in [7, 11) is -8.17. The lowest BCUT2D eigenvalue weighted by atomic mass is 9.90. The van der Waals surface area contributed by atoms with E-state index in [9.17, 15) is 16.8 Å². The molecule has 6 nitrogen and oxygen atoms in total. The van der Waals surface area contributed by atoms with Crippen LogP contribution in [0.5, 0.6) is 0 Å². The third-order valence-electron chi connectivity index (χ3n) is 5.24. The van der Waals surface area contributed by atoms with Crippen molar-refractivity contribution in [1.29, 1.82) is 0 Å². The van der Waals surface area contributed by atoms with Crippen LogP contribution in [0.3, 0.4) is 0 Å². The molecule has 0 atom stereocenters. The summed E-state index contributed by atoms with van der Waals surface area (Å²) in [5.74, 6) is 0. The summed E-state index contributed by atoms with van der Waals surface area (Å²) in [6, 6.07) is 0. The van der Waals surface area contributed by atoms with Gasteiger partial charge in [0.2, 0.25) is 0 Å². The zero-order chi connectivity index (χ0) is 16.5. The molecule has 0 bridgehead atoms. The molecule has 0 aromatic heterocycles. The van der Waals surface area contributed by atoms with Gasteiger partial charge >= 0.3 is 0 Å². The minimum absolute atomic E-state index is 0.468. The fourth-order valence-electron chi connectivity index (χ4n) is 3.34. The predicted octanol–water partition coefficient (Wildman–Crippen LogP) is 3.04. The van der Waals surface area contributed by atoms with E-state index >= 15 is 0 Å². The Morgan fingerprint density at radius 2 is 0.864 bits per heavy atom. The van der Waals surface area contributed by atoms with E-state index in [1.165, 1.54) is 0 Å². The van der Waals surface area contributed by atoms with Crippen molar-refractivity contribution in [3.05, 3.63) is 0 Å². The molecule has 0 heterocycles. The summed E-state index contributed by atoms with van der Waals surface area (Å²) in [5, 5.41) is 0. The Labute approximate surface area is 133 Å². The van der Waals surface area contributed by atoms with Crippen molar-refractivity contribution >= 4 is 20.2 Å². The monoisotopic (exact) mass is 354 g/mol. The van der Waals surface area contributed by atoms with Gasteiger partial charge in [0.05, 0.1) is 9.49 Å². The van der Waals surface area contributed by atoms with E-state index in [4.69, 9.17) is 0 Å². The van der Waals surface area contributed by atoms with Crippen molar-refractivity contribution < 1.29 is 25.5 Å². The molecule has 130 valence electrons. The van der Waals surface area contributed by atoms with Crippen LogP contribution < -0.4 is 0 Å². The van der Waals surface area contributed by atoms with Crippen molar-refractivity contribution in [3.8, 4) is 0 Å². The average Bonchev–Trinajstić information content (AvgIpc) is 2.47. The van der Waals surface area contributed by atoms with E-state index in [2.05, 4.69) is 8.67 Å². The van der Waals surface area contributed by atoms with E-state index in [0.29, 0.717) is 25.7 Å². The van der Waals surface area contributed by atoms with Crippen LogP contribution in [0.4, 0.5) is 0 Å². The molecule has 0 unspecified atom stereocenters. The summed E-state index contributed by atoms with van der Waals surface area (Å²) >= 11 is 0. The first-order valence-electron chi connectivity index (χ1n) is 7.99. The second-order valence-electron chi connectivity index (χ2n) is 7.07. The van der Waals surface area contributed by atoms with Gasteiger partial charge in [-0.05, 0) is 39.5 Å². The fraction of sp³-hybridized carbons (Fsp3) is 1.00. The van der Waals surface area contributed by atoms with Crippen molar-refractivity contribution in [2.24, 2.45) is 0 Å². The highest BCUT2D eigenvalue weighted by atomic mass is 32.2. The molecular weight excluding hydrogens is 328 g/mol. The lowest BCUT2D eigenvalue weighted by Crippen LogP contribution is -2.42. The van der Waals surface area contributed by atoms with Gasteiger partial charge in [0.25, 0.3) is 20.2 Å². The van der Waals surface area contributed by atoms with Crippen LogP contribution in [0.25, 0.3) is 0 Å². The molecule has 0 aromatic carbocycles. The first-order valence-corrected chi connectivity index (χ1v) is 10.8. The highest BCUT2D eigenvalue weighted by Crippen LogP contribution is 2.38. The summed E-state index contributed by atoms with van der Waals surface area (Å²) in [4.78, 5) is 0. The SMILES string of the molecule is CC1(S(=O)(=O)OOS(=O)(=O)C2(C)CCCCC2)CCCCC1. The van der Waals surface area contributed by atoms with Gasteiger partial charge in [-0.2, -0.15) is 16.8 Å². The Hall–Kier alpha value is -0.180. The van der Waals surface area contributed by atoms with Crippen LogP contribution >= 0.6 is 0 Å². The maximum Gasteiger partial charge on any atom is 0.300 e. The van der Waals surface area contributed by atoms with Crippen LogP contribution in [0.15, 0.2) is 0 Å². The van der Waals surface area contributed by atoms with Crippen LogP contribution in [0, 0.1) is 0 Å². The summed E-state index contributed by atoms with van der Waals surface area (Å²) < 4.78 is 56.3. The van der Waals surface area contributed by atoms with Crippen LogP contribution in [0.1, 0.15) is 78.1 Å². The molecule has 0 saturated heterocycles. The Balaban J connectivity index is 2.07. The summed E-state index contributed by atoms with van der Waals surface area (Å²) in [6.45, 7) is 3.19. The molecule has 0 spiro atoms. The lowest BCUT2D eigenvalue weighted by molar-refractivity contribution is -0.0924. The van der Waals surface area contributed by atoms with Crippen molar-refractivity contribution in [2.75, 3.05) is 0 Å². The number of rotatable bonds is 5. The Bertz CT molecular complexity index is 527. The third-order valence-corrected chi connectivity index (χ3v) is 9.05. The second kappa shape index (κ2) is 6.37. The largest absolute Gasteiger partial charge is 0.300 e. The quantitative estimate of drug-likeness (QED) is 0.557. The summed E-state index contributed by atoms with van der Waals surface area (Å²) in [5.41, 5.74) is 0. The van der Waals surface area contributed by atoms with Gasteiger partial charge in [-0.3, -0.25) is 0 Å². The fourth-order valence-corrected chi connectivity index (χ4v) is 5.83. The van der Waals surface area contributed by atoms with Crippen molar-refractivity contribution in [2.45, 2.75) is 87.5 Å². The lowest BCUT2D eigenvalue weighted by Gasteiger charge is -2.33. The Morgan fingerprint density at radius 1 is 0.591 bits per heavy atom. The minimum atomic E-state index is -4.08. The van der Waals surface area contributed by atoms with Crippen LogP contribution in [-0.4, -0.2) is 26.3 Å². The first-order chi connectivity index (χ1) is 10.1. The van der Waals surface area contributed by atoms with E-state index in [0.717, 1.165) is 38.5 Å². The van der Waals surface area contributed by atoms with Crippen LogP contribution in [-0.2, 0) is 28.9 Å². The Kier molecular flexibility index (Phi) is 5.26. The standard InChI is InChI=1S/C14H26O6S2/c1-13(9-5-3-6-10-13)21(15,16)19-20-22(17,18)14(2)11-7-4-8-12-14/h3-12H2,1-2H3. The zero-order valence-corrected chi connectivity index (χ0v) is 15.0. The van der Waals surface area contributed by atoms with E-state index in [-0.39, 0.29) is 0 Å². The minimum Gasteiger partial charge on any atom is -0.196 e. The summed E-state index contributed by atoms with van der Waals surface area (Å²) in [6.07, 6.45) is 7.03. The van der Waals surface area contributed by atoms with Gasteiger partial charge in [-0.15, -0.1) is 0 Å². The van der Waals surface area contributed by atoms with Gasteiger partial charge in [-0.25, -0.2) is 0 Å². The Morgan fingerprint density at radius 3 is 1.14 bits per heavy atom.